The molecule has 4 rings (SSSR count). The maximum Gasteiger partial charge on any atom is 0.410 e. The maximum absolute atomic E-state index is 13.0. The number of rotatable bonds is 3. The zero-order chi connectivity index (χ0) is 21.6. The van der Waals surface area contributed by atoms with Gasteiger partial charge < -0.3 is 30.1 Å². The van der Waals surface area contributed by atoms with Crippen LogP contribution in [0.25, 0.3) is 0 Å². The van der Waals surface area contributed by atoms with Gasteiger partial charge >= 0.3 is 6.09 Å². The summed E-state index contributed by atoms with van der Waals surface area (Å²) in [6.45, 7) is 3.04. The Kier molecular flexibility index (Phi) is 5.86. The van der Waals surface area contributed by atoms with Crippen LogP contribution in [-0.2, 0) is 17.7 Å². The van der Waals surface area contributed by atoms with Gasteiger partial charge in [-0.3, -0.25) is 4.79 Å². The second-order valence-corrected chi connectivity index (χ2v) is 9.46. The van der Waals surface area contributed by atoms with Crippen molar-refractivity contribution in [2.24, 2.45) is 0 Å². The fraction of sp³-hybridized carbons (Fsp3) is 0.368. The summed E-state index contributed by atoms with van der Waals surface area (Å²) in [4.78, 5) is 27.7. The molecule has 2 aromatic rings. The number of carbonyl (C=O) groups is 2. The highest BCUT2D eigenvalue weighted by atomic mass is 79.9. The van der Waals surface area contributed by atoms with Gasteiger partial charge in [-0.2, -0.15) is 0 Å². The first-order valence-electron chi connectivity index (χ1n) is 9.24. The molecule has 0 radical (unpaired) electrons. The Bertz CT molecular complexity index is 1040. The standard InChI is InChI=1S/C19H19Br2N3O5S/c1-3-29-19(27)24-5-4-8-11(7-24)30-18-12(8)17(26)22-16(23-18)9-6-10(28-2)15(25)14(21)13(9)20/h6,16,23,25H,3-5,7H2,1-2H3,(H,22,26)/t16-/m1/s1. The van der Waals surface area contributed by atoms with Crippen molar-refractivity contribution in [3.63, 3.8) is 0 Å². The van der Waals surface area contributed by atoms with E-state index in [2.05, 4.69) is 42.5 Å². The van der Waals surface area contributed by atoms with Crippen LogP contribution in [0.4, 0.5) is 9.80 Å². The van der Waals surface area contributed by atoms with Crippen LogP contribution in [0, 0.1) is 0 Å². The average molecular weight is 561 g/mol. The lowest BCUT2D eigenvalue weighted by molar-refractivity contribution is 0.0934. The Morgan fingerprint density at radius 2 is 2.13 bits per heavy atom. The Morgan fingerprint density at radius 1 is 1.37 bits per heavy atom. The summed E-state index contributed by atoms with van der Waals surface area (Å²) in [6.07, 6.45) is -0.261. The third kappa shape index (κ3) is 3.52. The molecular weight excluding hydrogens is 542 g/mol. The highest BCUT2D eigenvalue weighted by Crippen LogP contribution is 2.46. The molecule has 0 unspecified atom stereocenters. The Labute approximate surface area is 193 Å². The van der Waals surface area contributed by atoms with Gasteiger partial charge in [0.15, 0.2) is 11.5 Å². The van der Waals surface area contributed by atoms with Crippen molar-refractivity contribution < 1.29 is 24.2 Å². The quantitative estimate of drug-likeness (QED) is 0.516. The molecule has 0 fully saturated rings. The first-order chi connectivity index (χ1) is 14.3. The van der Waals surface area contributed by atoms with Crippen LogP contribution < -0.4 is 15.4 Å². The third-order valence-corrected chi connectivity index (χ3v) is 8.37. The number of thiophene rings is 1. The number of carbonyl (C=O) groups excluding carboxylic acids is 2. The summed E-state index contributed by atoms with van der Waals surface area (Å²) in [6, 6.07) is 1.67. The molecule has 0 saturated heterocycles. The van der Waals surface area contributed by atoms with Crippen molar-refractivity contribution >= 4 is 60.2 Å². The smallest absolute Gasteiger partial charge is 0.410 e. The molecular formula is C19H19Br2N3O5S. The molecule has 2 aliphatic rings. The molecule has 0 aliphatic carbocycles. The minimum atomic E-state index is -0.522. The highest BCUT2D eigenvalue weighted by molar-refractivity contribution is 9.13. The van der Waals surface area contributed by atoms with Gasteiger partial charge in [0.25, 0.3) is 5.91 Å². The average Bonchev–Trinajstić information content (AvgIpc) is 3.10. The van der Waals surface area contributed by atoms with E-state index in [-0.39, 0.29) is 23.5 Å². The number of phenolic OH excluding ortho intramolecular Hbond substituents is 1. The number of fused-ring (bicyclic) bond motifs is 3. The van der Waals surface area contributed by atoms with Crippen molar-refractivity contribution in [3.05, 3.63) is 36.6 Å². The summed E-state index contributed by atoms with van der Waals surface area (Å²) in [5.41, 5.74) is 2.31. The lowest BCUT2D eigenvalue weighted by Gasteiger charge is -2.29. The normalized spacial score (nSPS) is 17.5. The van der Waals surface area contributed by atoms with E-state index < -0.39 is 6.17 Å². The number of aromatic hydroxyl groups is 1. The molecule has 160 valence electrons. The number of ether oxygens (including phenoxy) is 2. The molecule has 0 bridgehead atoms. The maximum atomic E-state index is 13.0. The van der Waals surface area contributed by atoms with E-state index in [9.17, 15) is 14.7 Å². The van der Waals surface area contributed by atoms with Gasteiger partial charge in [0.05, 0.1) is 30.3 Å². The second kappa shape index (κ2) is 8.27. The third-order valence-electron chi connectivity index (χ3n) is 5.07. The highest BCUT2D eigenvalue weighted by Gasteiger charge is 2.35. The molecule has 8 nitrogen and oxygen atoms in total. The molecule has 0 saturated carbocycles. The topological polar surface area (TPSA) is 100 Å². The minimum absolute atomic E-state index is 0.0263. The van der Waals surface area contributed by atoms with Crippen LogP contribution in [0.5, 0.6) is 11.5 Å². The minimum Gasteiger partial charge on any atom is -0.503 e. The first-order valence-corrected chi connectivity index (χ1v) is 11.6. The summed E-state index contributed by atoms with van der Waals surface area (Å²) >= 11 is 8.30. The van der Waals surface area contributed by atoms with Gasteiger partial charge in [-0.05, 0) is 56.8 Å². The van der Waals surface area contributed by atoms with E-state index >= 15 is 0 Å². The van der Waals surface area contributed by atoms with Crippen LogP contribution >= 0.6 is 43.2 Å². The number of hydrogen-bond donors (Lipinski definition) is 3. The zero-order valence-corrected chi connectivity index (χ0v) is 20.2. The molecule has 11 heteroatoms. The number of methoxy groups -OCH3 is 1. The monoisotopic (exact) mass is 559 g/mol. The molecule has 3 N–H and O–H groups in total. The number of amides is 2. The zero-order valence-electron chi connectivity index (χ0n) is 16.2. The van der Waals surface area contributed by atoms with Gasteiger partial charge in [-0.15, -0.1) is 11.3 Å². The van der Waals surface area contributed by atoms with Crippen molar-refractivity contribution in [2.75, 3.05) is 25.6 Å². The van der Waals surface area contributed by atoms with Gasteiger partial charge in [0, 0.05) is 21.5 Å². The Hall–Kier alpha value is -1.98. The summed E-state index contributed by atoms with van der Waals surface area (Å²) in [5, 5.41) is 17.3. The van der Waals surface area contributed by atoms with Crippen LogP contribution in [0.2, 0.25) is 0 Å². The number of anilines is 1. The largest absolute Gasteiger partial charge is 0.503 e. The van der Waals surface area contributed by atoms with E-state index in [1.165, 1.54) is 18.4 Å². The van der Waals surface area contributed by atoms with Gasteiger partial charge in [-0.25, -0.2) is 4.79 Å². The van der Waals surface area contributed by atoms with Crippen molar-refractivity contribution in [3.8, 4) is 11.5 Å². The molecule has 0 spiro atoms. The number of phenols is 1. The van der Waals surface area contributed by atoms with Crippen LogP contribution in [0.15, 0.2) is 15.0 Å². The van der Waals surface area contributed by atoms with Gasteiger partial charge in [0.2, 0.25) is 0 Å². The number of benzene rings is 1. The van der Waals surface area contributed by atoms with E-state index in [0.29, 0.717) is 46.2 Å². The number of halogens is 2. The van der Waals surface area contributed by atoms with E-state index in [1.807, 2.05) is 0 Å². The van der Waals surface area contributed by atoms with E-state index in [0.717, 1.165) is 15.4 Å². The molecule has 1 aromatic carbocycles. The summed E-state index contributed by atoms with van der Waals surface area (Å²) < 4.78 is 11.4. The van der Waals surface area contributed by atoms with Gasteiger partial charge in [-0.1, -0.05) is 0 Å². The number of nitrogens with one attached hydrogen (secondary N) is 2. The Morgan fingerprint density at radius 3 is 2.83 bits per heavy atom. The number of hydrogen-bond acceptors (Lipinski definition) is 7. The molecule has 2 aliphatic heterocycles. The molecule has 2 amide bonds. The van der Waals surface area contributed by atoms with Crippen molar-refractivity contribution in [2.45, 2.75) is 26.1 Å². The Balaban J connectivity index is 1.66. The SMILES string of the molecule is CCOC(=O)N1CCc2c(sc3c2C(=O)N[C@@H](c2cc(OC)c(O)c(Br)c2Br)N3)C1. The molecule has 3 heterocycles. The van der Waals surface area contributed by atoms with Crippen LogP contribution in [0.1, 0.15) is 39.5 Å². The van der Waals surface area contributed by atoms with E-state index in [4.69, 9.17) is 9.47 Å². The molecule has 30 heavy (non-hydrogen) atoms. The molecule has 1 aromatic heterocycles. The van der Waals surface area contributed by atoms with Gasteiger partial charge in [0.1, 0.15) is 11.2 Å². The summed E-state index contributed by atoms with van der Waals surface area (Å²) in [5.74, 6) is 0.0879. The van der Waals surface area contributed by atoms with Crippen molar-refractivity contribution in [1.82, 2.24) is 10.2 Å². The molecule has 1 atom stereocenters. The van der Waals surface area contributed by atoms with Crippen LogP contribution in [0.3, 0.4) is 0 Å². The number of nitrogens with zero attached hydrogens (tertiary/aromatic N) is 1. The van der Waals surface area contributed by atoms with Crippen LogP contribution in [-0.4, -0.2) is 42.3 Å². The fourth-order valence-corrected chi connectivity index (χ4v) is 5.86. The van der Waals surface area contributed by atoms with E-state index in [1.54, 1.807) is 17.9 Å². The van der Waals surface area contributed by atoms with Crippen molar-refractivity contribution in [1.29, 1.82) is 0 Å². The summed E-state index contributed by atoms with van der Waals surface area (Å²) in [7, 11) is 1.47. The second-order valence-electron chi connectivity index (χ2n) is 6.77. The lowest BCUT2D eigenvalue weighted by Crippen LogP contribution is -2.39. The first kappa shape index (κ1) is 21.3. The lowest BCUT2D eigenvalue weighted by atomic mass is 10.0. The fourth-order valence-electron chi connectivity index (χ4n) is 3.62. The predicted octanol–water partition coefficient (Wildman–Crippen LogP) is 4.36. The predicted molar refractivity (Wildman–Crippen MR) is 119 cm³/mol.